The SMILES string of the molecule is Cn1ncc(C(=O)O)c1CNCc1cc(Br)cs1. The van der Waals surface area contributed by atoms with E-state index in [1.54, 1.807) is 23.1 Å². The van der Waals surface area contributed by atoms with Gasteiger partial charge in [0, 0.05) is 34.9 Å². The first-order chi connectivity index (χ1) is 8.58. The van der Waals surface area contributed by atoms with Crippen LogP contribution in [-0.2, 0) is 20.1 Å². The van der Waals surface area contributed by atoms with E-state index < -0.39 is 5.97 Å². The fraction of sp³-hybridized carbons (Fsp3) is 0.273. The number of nitrogens with one attached hydrogen (secondary N) is 1. The summed E-state index contributed by atoms with van der Waals surface area (Å²) < 4.78 is 2.65. The predicted octanol–water partition coefficient (Wildman–Crippen LogP) is 2.23. The summed E-state index contributed by atoms with van der Waals surface area (Å²) in [6.07, 6.45) is 1.38. The van der Waals surface area contributed by atoms with Crippen LogP contribution in [0.1, 0.15) is 20.9 Å². The Kier molecular flexibility index (Phi) is 4.15. The predicted molar refractivity (Wildman–Crippen MR) is 72.7 cm³/mol. The molecule has 96 valence electrons. The number of halogens is 1. The molecule has 0 aliphatic heterocycles. The van der Waals surface area contributed by atoms with E-state index in [4.69, 9.17) is 5.11 Å². The fourth-order valence-corrected chi connectivity index (χ4v) is 3.02. The highest BCUT2D eigenvalue weighted by molar-refractivity contribution is 9.10. The van der Waals surface area contributed by atoms with Gasteiger partial charge in [-0.15, -0.1) is 11.3 Å². The molecule has 0 radical (unpaired) electrons. The third-order valence-electron chi connectivity index (χ3n) is 2.51. The van der Waals surface area contributed by atoms with Gasteiger partial charge >= 0.3 is 5.97 Å². The number of rotatable bonds is 5. The molecule has 0 aliphatic carbocycles. The van der Waals surface area contributed by atoms with Gasteiger partial charge in [0.1, 0.15) is 5.56 Å². The van der Waals surface area contributed by atoms with E-state index in [0.29, 0.717) is 18.8 Å². The Hall–Kier alpha value is -1.18. The Bertz CT molecular complexity index is 564. The van der Waals surface area contributed by atoms with Crippen LogP contribution in [0, 0.1) is 0 Å². The monoisotopic (exact) mass is 329 g/mol. The first kappa shape index (κ1) is 13.3. The Balaban J connectivity index is 1.98. The standard InChI is InChI=1S/C11H12BrN3O2S/c1-15-10(9(4-14-15)11(16)17)5-13-3-8-2-7(12)6-18-8/h2,4,6,13H,3,5H2,1H3,(H,16,17). The molecule has 7 heteroatoms. The van der Waals surface area contributed by atoms with Crippen LogP contribution < -0.4 is 5.32 Å². The van der Waals surface area contributed by atoms with Gasteiger partial charge in [-0.1, -0.05) is 0 Å². The maximum absolute atomic E-state index is 11.0. The molecule has 2 heterocycles. The minimum Gasteiger partial charge on any atom is -0.478 e. The lowest BCUT2D eigenvalue weighted by Crippen LogP contribution is -2.17. The molecule has 0 bridgehead atoms. The number of aryl methyl sites for hydroxylation is 1. The lowest BCUT2D eigenvalue weighted by Gasteiger charge is -2.05. The van der Waals surface area contributed by atoms with Gasteiger partial charge < -0.3 is 10.4 Å². The minimum atomic E-state index is -0.946. The highest BCUT2D eigenvalue weighted by Crippen LogP contribution is 2.19. The van der Waals surface area contributed by atoms with Gasteiger partial charge in [-0.25, -0.2) is 4.79 Å². The molecule has 0 saturated carbocycles. The van der Waals surface area contributed by atoms with E-state index in [-0.39, 0.29) is 5.56 Å². The number of nitrogens with zero attached hydrogens (tertiary/aromatic N) is 2. The number of carbonyl (C=O) groups is 1. The average molecular weight is 330 g/mol. The first-order valence-electron chi connectivity index (χ1n) is 5.25. The second kappa shape index (κ2) is 5.64. The van der Waals surface area contributed by atoms with E-state index in [1.807, 2.05) is 11.4 Å². The molecule has 0 aromatic carbocycles. The van der Waals surface area contributed by atoms with E-state index in [2.05, 4.69) is 26.3 Å². The van der Waals surface area contributed by atoms with Gasteiger partial charge in [-0.3, -0.25) is 4.68 Å². The number of carboxylic acids is 1. The van der Waals surface area contributed by atoms with Gasteiger partial charge in [0.2, 0.25) is 0 Å². The Labute approximate surface area is 117 Å². The van der Waals surface area contributed by atoms with E-state index >= 15 is 0 Å². The van der Waals surface area contributed by atoms with Crippen LogP contribution in [-0.4, -0.2) is 20.9 Å². The number of hydrogen-bond donors (Lipinski definition) is 2. The summed E-state index contributed by atoms with van der Waals surface area (Å²) in [5.41, 5.74) is 0.926. The molecule has 2 aromatic heterocycles. The van der Waals surface area contributed by atoms with Crippen molar-refractivity contribution in [1.82, 2.24) is 15.1 Å². The molecule has 0 unspecified atom stereocenters. The number of hydrogen-bond acceptors (Lipinski definition) is 4. The third-order valence-corrected chi connectivity index (χ3v) is 4.20. The highest BCUT2D eigenvalue weighted by Gasteiger charge is 2.14. The maximum Gasteiger partial charge on any atom is 0.339 e. The molecule has 0 aliphatic rings. The van der Waals surface area contributed by atoms with Crippen molar-refractivity contribution < 1.29 is 9.90 Å². The Morgan fingerprint density at radius 3 is 3.00 bits per heavy atom. The van der Waals surface area contributed by atoms with Gasteiger partial charge in [-0.05, 0) is 22.0 Å². The van der Waals surface area contributed by atoms with Crippen molar-refractivity contribution in [1.29, 1.82) is 0 Å². The van der Waals surface area contributed by atoms with Gasteiger partial charge in [0.25, 0.3) is 0 Å². The molecule has 18 heavy (non-hydrogen) atoms. The van der Waals surface area contributed by atoms with E-state index in [9.17, 15) is 4.79 Å². The molecule has 5 nitrogen and oxygen atoms in total. The summed E-state index contributed by atoms with van der Waals surface area (Å²) in [6.45, 7) is 1.19. The number of carboxylic acid groups (broad SMARTS) is 1. The summed E-state index contributed by atoms with van der Waals surface area (Å²) in [5.74, 6) is -0.946. The lowest BCUT2D eigenvalue weighted by molar-refractivity contribution is 0.0695. The second-order valence-electron chi connectivity index (χ2n) is 3.77. The molecular formula is C11H12BrN3O2S. The molecule has 2 N–H and O–H groups in total. The van der Waals surface area contributed by atoms with Crippen molar-refractivity contribution in [2.45, 2.75) is 13.1 Å². The summed E-state index contributed by atoms with van der Waals surface area (Å²) in [7, 11) is 1.74. The van der Waals surface area contributed by atoms with Crippen LogP contribution in [0.5, 0.6) is 0 Å². The summed E-state index contributed by atoms with van der Waals surface area (Å²) in [6, 6.07) is 2.04. The molecule has 0 amide bonds. The lowest BCUT2D eigenvalue weighted by atomic mass is 10.2. The van der Waals surface area contributed by atoms with Gasteiger partial charge in [0.15, 0.2) is 0 Å². The van der Waals surface area contributed by atoms with E-state index in [0.717, 1.165) is 4.47 Å². The minimum absolute atomic E-state index is 0.248. The molecule has 0 atom stereocenters. The van der Waals surface area contributed by atoms with Crippen molar-refractivity contribution in [3.8, 4) is 0 Å². The van der Waals surface area contributed by atoms with Crippen molar-refractivity contribution in [2.75, 3.05) is 0 Å². The average Bonchev–Trinajstić information content (AvgIpc) is 2.87. The van der Waals surface area contributed by atoms with Crippen molar-refractivity contribution >= 4 is 33.2 Å². The van der Waals surface area contributed by atoms with Gasteiger partial charge in [-0.2, -0.15) is 5.10 Å². The van der Waals surface area contributed by atoms with Crippen LogP contribution in [0.3, 0.4) is 0 Å². The highest BCUT2D eigenvalue weighted by atomic mass is 79.9. The Morgan fingerprint density at radius 1 is 1.61 bits per heavy atom. The number of thiophene rings is 1. The molecule has 0 fully saturated rings. The maximum atomic E-state index is 11.0. The normalized spacial score (nSPS) is 10.8. The smallest absolute Gasteiger partial charge is 0.339 e. The quantitative estimate of drug-likeness (QED) is 0.882. The van der Waals surface area contributed by atoms with Crippen molar-refractivity contribution in [3.05, 3.63) is 38.3 Å². The largest absolute Gasteiger partial charge is 0.478 e. The summed E-state index contributed by atoms with van der Waals surface area (Å²) in [4.78, 5) is 12.2. The topological polar surface area (TPSA) is 67.2 Å². The van der Waals surface area contributed by atoms with E-state index in [1.165, 1.54) is 11.1 Å². The van der Waals surface area contributed by atoms with Crippen LogP contribution in [0.4, 0.5) is 0 Å². The zero-order valence-corrected chi connectivity index (χ0v) is 12.1. The fourth-order valence-electron chi connectivity index (χ4n) is 1.60. The molecule has 2 aromatic rings. The molecule has 2 rings (SSSR count). The van der Waals surface area contributed by atoms with Crippen molar-refractivity contribution in [3.63, 3.8) is 0 Å². The van der Waals surface area contributed by atoms with Crippen LogP contribution in [0.2, 0.25) is 0 Å². The Morgan fingerprint density at radius 2 is 2.39 bits per heavy atom. The van der Waals surface area contributed by atoms with Crippen LogP contribution in [0.25, 0.3) is 0 Å². The second-order valence-corrected chi connectivity index (χ2v) is 5.68. The van der Waals surface area contributed by atoms with Crippen LogP contribution >= 0.6 is 27.3 Å². The van der Waals surface area contributed by atoms with Crippen LogP contribution in [0.15, 0.2) is 22.1 Å². The third kappa shape index (κ3) is 2.98. The van der Waals surface area contributed by atoms with Crippen molar-refractivity contribution in [2.24, 2.45) is 7.05 Å². The van der Waals surface area contributed by atoms with Gasteiger partial charge in [0.05, 0.1) is 11.9 Å². The molecule has 0 saturated heterocycles. The zero-order valence-electron chi connectivity index (χ0n) is 9.68. The first-order valence-corrected chi connectivity index (χ1v) is 6.93. The zero-order chi connectivity index (χ0) is 13.1. The molecular weight excluding hydrogens is 318 g/mol. The molecule has 0 spiro atoms. The number of aromatic carboxylic acids is 1. The number of aromatic nitrogens is 2. The summed E-state index contributed by atoms with van der Waals surface area (Å²) in [5, 5.41) is 18.2. The summed E-state index contributed by atoms with van der Waals surface area (Å²) >= 11 is 5.05.